The molecule has 1 aromatic carbocycles. The molecule has 0 saturated heterocycles. The van der Waals surface area contributed by atoms with Crippen molar-refractivity contribution in [2.24, 2.45) is 5.16 Å². The van der Waals surface area contributed by atoms with Gasteiger partial charge < -0.3 is 9.94 Å². The lowest BCUT2D eigenvalue weighted by Crippen LogP contribution is -2.24. The first kappa shape index (κ1) is 20.4. The van der Waals surface area contributed by atoms with Crippen LogP contribution in [0.25, 0.3) is 0 Å². The number of benzene rings is 1. The van der Waals surface area contributed by atoms with E-state index in [-0.39, 0.29) is 34.2 Å². The molecule has 1 fully saturated rings. The van der Waals surface area contributed by atoms with Gasteiger partial charge in [-0.05, 0) is 25.0 Å². The van der Waals surface area contributed by atoms with Crippen LogP contribution in [0.3, 0.4) is 0 Å². The van der Waals surface area contributed by atoms with Gasteiger partial charge in [0.15, 0.2) is 25.8 Å². The monoisotopic (exact) mass is 427 g/mol. The second-order valence-corrected chi connectivity index (χ2v) is 9.25. The van der Waals surface area contributed by atoms with Crippen LogP contribution >= 0.6 is 11.3 Å². The van der Waals surface area contributed by atoms with E-state index >= 15 is 0 Å². The van der Waals surface area contributed by atoms with Gasteiger partial charge in [-0.15, -0.1) is 0 Å². The molecule has 1 heterocycles. The van der Waals surface area contributed by atoms with Gasteiger partial charge in [-0.2, -0.15) is 4.39 Å². The normalized spacial score (nSPS) is 14.7. The molecule has 28 heavy (non-hydrogen) atoms. The third-order valence-electron chi connectivity index (χ3n) is 3.88. The number of rotatable bonds is 9. The van der Waals surface area contributed by atoms with Gasteiger partial charge in [0.2, 0.25) is 0 Å². The lowest BCUT2D eigenvalue weighted by molar-refractivity contribution is -0.110. The molecule has 0 spiro atoms. The molecule has 2 aromatic rings. The van der Waals surface area contributed by atoms with E-state index in [9.17, 15) is 17.6 Å². The number of hydrogen-bond donors (Lipinski definition) is 2. The van der Waals surface area contributed by atoms with Crippen LogP contribution in [0.15, 0.2) is 40.5 Å². The minimum absolute atomic E-state index is 0.0542. The predicted molar refractivity (Wildman–Crippen MR) is 102 cm³/mol. The minimum Gasteiger partial charge on any atom is -0.396 e. The van der Waals surface area contributed by atoms with Crippen molar-refractivity contribution in [3.8, 4) is 0 Å². The molecule has 11 heteroatoms. The molecule has 0 atom stereocenters. The van der Waals surface area contributed by atoms with E-state index in [1.165, 1.54) is 24.3 Å². The molecule has 1 aliphatic rings. The van der Waals surface area contributed by atoms with Gasteiger partial charge in [0.1, 0.15) is 6.61 Å². The van der Waals surface area contributed by atoms with Crippen molar-refractivity contribution >= 4 is 37.9 Å². The zero-order valence-corrected chi connectivity index (χ0v) is 16.3. The van der Waals surface area contributed by atoms with E-state index in [4.69, 9.17) is 9.94 Å². The van der Waals surface area contributed by atoms with Crippen molar-refractivity contribution in [3.63, 3.8) is 0 Å². The Labute approximate surface area is 165 Å². The topological polar surface area (TPSA) is 118 Å². The van der Waals surface area contributed by atoms with Crippen molar-refractivity contribution in [3.05, 3.63) is 41.2 Å². The summed E-state index contributed by atoms with van der Waals surface area (Å²) in [6, 6.07) is 5.77. The number of aliphatic hydroxyl groups excluding tert-OH is 1. The molecule has 1 amide bonds. The summed E-state index contributed by atoms with van der Waals surface area (Å²) in [6.45, 7) is -0.00350. The first-order valence-corrected chi connectivity index (χ1v) is 10.9. The zero-order valence-electron chi connectivity index (χ0n) is 14.7. The Balaban J connectivity index is 1.82. The van der Waals surface area contributed by atoms with Gasteiger partial charge in [0.05, 0.1) is 16.3 Å². The largest absolute Gasteiger partial charge is 0.396 e. The first-order chi connectivity index (χ1) is 13.4. The van der Waals surface area contributed by atoms with E-state index in [2.05, 4.69) is 15.5 Å². The molecule has 0 radical (unpaired) electrons. The van der Waals surface area contributed by atoms with Crippen molar-refractivity contribution in [2.45, 2.75) is 29.4 Å². The van der Waals surface area contributed by atoms with Crippen molar-refractivity contribution < 1.29 is 27.5 Å². The summed E-state index contributed by atoms with van der Waals surface area (Å²) >= 11 is 0.659. The van der Waals surface area contributed by atoms with Crippen LogP contribution in [0.2, 0.25) is 0 Å². The number of thiazole rings is 1. The van der Waals surface area contributed by atoms with Crippen LogP contribution in [-0.2, 0) is 19.5 Å². The van der Waals surface area contributed by atoms with Gasteiger partial charge in [0, 0.05) is 18.6 Å². The molecule has 1 aromatic heterocycles. The van der Waals surface area contributed by atoms with Crippen molar-refractivity contribution in [1.82, 2.24) is 4.98 Å². The SMILES string of the molecule is O=C(Nc1ncc(F)s1)C(=NOCCCO)c1ccc(S(=O)(=O)C2CC2)cc1. The summed E-state index contributed by atoms with van der Waals surface area (Å²) in [5.74, 6) is -0.684. The summed E-state index contributed by atoms with van der Waals surface area (Å²) in [5.41, 5.74) is 0.206. The number of hydrogen-bond acceptors (Lipinski definition) is 8. The van der Waals surface area contributed by atoms with Gasteiger partial charge in [-0.3, -0.25) is 10.1 Å². The highest BCUT2D eigenvalue weighted by Crippen LogP contribution is 2.33. The smallest absolute Gasteiger partial charge is 0.280 e. The lowest BCUT2D eigenvalue weighted by Gasteiger charge is -2.08. The maximum atomic E-state index is 13.1. The number of carbonyl (C=O) groups excluding carboxylic acids is 1. The van der Waals surface area contributed by atoms with Crippen LogP contribution in [0, 0.1) is 5.13 Å². The number of aromatic nitrogens is 1. The van der Waals surface area contributed by atoms with E-state index in [0.29, 0.717) is 36.2 Å². The number of nitrogens with one attached hydrogen (secondary N) is 1. The molecule has 0 bridgehead atoms. The van der Waals surface area contributed by atoms with E-state index in [1.54, 1.807) is 0 Å². The molecular weight excluding hydrogens is 409 g/mol. The van der Waals surface area contributed by atoms with Crippen LogP contribution in [0.4, 0.5) is 9.52 Å². The number of anilines is 1. The Morgan fingerprint density at radius 1 is 1.36 bits per heavy atom. The van der Waals surface area contributed by atoms with Gasteiger partial charge in [0.25, 0.3) is 5.91 Å². The number of halogens is 1. The highest BCUT2D eigenvalue weighted by Gasteiger charge is 2.36. The summed E-state index contributed by atoms with van der Waals surface area (Å²) < 4.78 is 37.7. The fourth-order valence-corrected chi connectivity index (χ4v) is 4.50. The molecular formula is C17H18FN3O5S2. The second kappa shape index (κ2) is 8.76. The van der Waals surface area contributed by atoms with Crippen LogP contribution in [0.5, 0.6) is 0 Å². The van der Waals surface area contributed by atoms with Crippen LogP contribution < -0.4 is 5.32 Å². The Morgan fingerprint density at radius 2 is 2.07 bits per heavy atom. The standard InChI is InChI=1S/C17H18FN3O5S2/c18-14-10-19-17(27-14)20-16(23)15(21-26-9-1-8-22)11-2-4-12(5-3-11)28(24,25)13-6-7-13/h2-5,10,13,22H,1,6-9H2,(H,19,20,23). The number of nitrogens with zero attached hydrogens (tertiary/aromatic N) is 2. The van der Waals surface area contributed by atoms with Crippen LogP contribution in [-0.4, -0.2) is 48.6 Å². The van der Waals surface area contributed by atoms with Gasteiger partial charge in [-0.25, -0.2) is 13.4 Å². The lowest BCUT2D eigenvalue weighted by atomic mass is 10.1. The average Bonchev–Trinajstić information content (AvgIpc) is 3.46. The molecule has 1 saturated carbocycles. The molecule has 3 rings (SSSR count). The highest BCUT2D eigenvalue weighted by atomic mass is 32.2. The van der Waals surface area contributed by atoms with Gasteiger partial charge >= 0.3 is 0 Å². The number of carbonyl (C=O) groups is 1. The Morgan fingerprint density at radius 3 is 2.64 bits per heavy atom. The maximum Gasteiger partial charge on any atom is 0.280 e. The third kappa shape index (κ3) is 4.91. The number of sulfone groups is 1. The summed E-state index contributed by atoms with van der Waals surface area (Å²) in [7, 11) is -3.35. The zero-order chi connectivity index (χ0) is 20.1. The maximum absolute atomic E-state index is 13.1. The molecule has 1 aliphatic carbocycles. The fourth-order valence-electron chi connectivity index (χ4n) is 2.31. The summed E-state index contributed by atoms with van der Waals surface area (Å²) in [5, 5.41) is 14.2. The number of amides is 1. The number of oxime groups is 1. The fraction of sp³-hybridized carbons (Fsp3) is 0.353. The van der Waals surface area contributed by atoms with E-state index in [0.717, 1.165) is 6.20 Å². The van der Waals surface area contributed by atoms with Gasteiger partial charge in [-0.1, -0.05) is 28.6 Å². The highest BCUT2D eigenvalue weighted by molar-refractivity contribution is 7.92. The quantitative estimate of drug-likeness (QED) is 0.359. The number of aliphatic hydroxyl groups is 1. The summed E-state index contributed by atoms with van der Waals surface area (Å²) in [6.07, 6.45) is 2.62. The van der Waals surface area contributed by atoms with E-state index in [1.807, 2.05) is 0 Å². The molecule has 0 aliphatic heterocycles. The second-order valence-electron chi connectivity index (χ2n) is 6.04. The van der Waals surface area contributed by atoms with Crippen molar-refractivity contribution in [2.75, 3.05) is 18.5 Å². The third-order valence-corrected chi connectivity index (χ3v) is 6.86. The molecule has 0 unspecified atom stereocenters. The predicted octanol–water partition coefficient (Wildman–Crippen LogP) is 1.96. The molecule has 150 valence electrons. The first-order valence-electron chi connectivity index (χ1n) is 8.49. The average molecular weight is 427 g/mol. The Bertz CT molecular complexity index is 969. The van der Waals surface area contributed by atoms with E-state index < -0.39 is 20.9 Å². The molecule has 8 nitrogen and oxygen atoms in total. The molecule has 2 N–H and O–H groups in total. The van der Waals surface area contributed by atoms with Crippen molar-refractivity contribution in [1.29, 1.82) is 0 Å². The Hall–Kier alpha value is -2.37. The van der Waals surface area contributed by atoms with Crippen LogP contribution in [0.1, 0.15) is 24.8 Å². The minimum atomic E-state index is -3.35. The Kier molecular flexibility index (Phi) is 6.37. The summed E-state index contributed by atoms with van der Waals surface area (Å²) in [4.78, 5) is 21.5.